The summed E-state index contributed by atoms with van der Waals surface area (Å²) in [6, 6.07) is 5.37. The number of nitrogens with zero attached hydrogens (tertiary/aromatic N) is 1. The third kappa shape index (κ3) is 3.01. The average molecular weight is 348 g/mol. The van der Waals surface area contributed by atoms with Crippen molar-refractivity contribution in [2.45, 2.75) is 0 Å². The Balaban J connectivity index is 2.18. The van der Waals surface area contributed by atoms with Crippen LogP contribution in [-0.2, 0) is 4.74 Å². The maximum absolute atomic E-state index is 11.3. The summed E-state index contributed by atoms with van der Waals surface area (Å²) in [5.41, 5.74) is 0.824. The standard InChI is InChI=1S/C11H8BrClN2O2S/c1-17-10(16)9-5-14-11(18-9)15-8-3-2-6(13)4-7(8)12/h2-5H,1H3,(H,14,15). The van der Waals surface area contributed by atoms with Gasteiger partial charge in [-0.2, -0.15) is 0 Å². The number of methoxy groups -OCH3 is 1. The fourth-order valence-electron chi connectivity index (χ4n) is 1.23. The number of ether oxygens (including phenoxy) is 1. The fraction of sp³-hybridized carbons (Fsp3) is 0.0909. The monoisotopic (exact) mass is 346 g/mol. The molecule has 0 amide bonds. The molecule has 0 saturated carbocycles. The highest BCUT2D eigenvalue weighted by Gasteiger charge is 2.11. The summed E-state index contributed by atoms with van der Waals surface area (Å²) in [6.45, 7) is 0. The Labute approximate surface area is 121 Å². The van der Waals surface area contributed by atoms with Gasteiger partial charge in [-0.25, -0.2) is 9.78 Å². The molecule has 1 heterocycles. The summed E-state index contributed by atoms with van der Waals surface area (Å²) < 4.78 is 5.44. The number of rotatable bonds is 3. The molecule has 0 radical (unpaired) electrons. The zero-order valence-corrected chi connectivity index (χ0v) is 12.4. The van der Waals surface area contributed by atoms with Crippen LogP contribution in [0.2, 0.25) is 5.02 Å². The van der Waals surface area contributed by atoms with E-state index in [1.807, 2.05) is 6.07 Å². The second-order valence-electron chi connectivity index (χ2n) is 3.27. The van der Waals surface area contributed by atoms with E-state index in [1.54, 1.807) is 12.1 Å². The summed E-state index contributed by atoms with van der Waals surface area (Å²) in [4.78, 5) is 15.8. The molecule has 2 rings (SSSR count). The highest BCUT2D eigenvalue weighted by Crippen LogP contribution is 2.30. The predicted octanol–water partition coefficient (Wildman–Crippen LogP) is 4.09. The van der Waals surface area contributed by atoms with Crippen LogP contribution in [0, 0.1) is 0 Å². The molecule has 0 atom stereocenters. The molecule has 0 aliphatic carbocycles. The highest BCUT2D eigenvalue weighted by atomic mass is 79.9. The number of carbonyl (C=O) groups is 1. The van der Waals surface area contributed by atoms with E-state index < -0.39 is 5.97 Å². The number of aromatic nitrogens is 1. The van der Waals surface area contributed by atoms with E-state index in [9.17, 15) is 4.79 Å². The SMILES string of the molecule is COC(=O)c1cnc(Nc2ccc(Cl)cc2Br)s1. The molecule has 94 valence electrons. The first-order valence-electron chi connectivity index (χ1n) is 4.86. The lowest BCUT2D eigenvalue weighted by molar-refractivity contribution is 0.0606. The van der Waals surface area contributed by atoms with Crippen LogP contribution in [0.3, 0.4) is 0 Å². The third-order valence-electron chi connectivity index (χ3n) is 2.07. The van der Waals surface area contributed by atoms with Crippen LogP contribution in [0.5, 0.6) is 0 Å². The molecule has 0 aliphatic heterocycles. The fourth-order valence-corrected chi connectivity index (χ4v) is 2.76. The van der Waals surface area contributed by atoms with Crippen molar-refractivity contribution in [2.75, 3.05) is 12.4 Å². The molecule has 7 heteroatoms. The smallest absolute Gasteiger partial charge is 0.349 e. The number of halogens is 2. The van der Waals surface area contributed by atoms with E-state index >= 15 is 0 Å². The van der Waals surface area contributed by atoms with Gasteiger partial charge in [0, 0.05) is 9.50 Å². The molecule has 0 saturated heterocycles. The van der Waals surface area contributed by atoms with Crippen LogP contribution in [0.15, 0.2) is 28.9 Å². The van der Waals surface area contributed by atoms with Gasteiger partial charge >= 0.3 is 5.97 Å². The Hall–Kier alpha value is -1.11. The van der Waals surface area contributed by atoms with E-state index in [2.05, 4.69) is 31.0 Å². The van der Waals surface area contributed by atoms with Gasteiger partial charge in [-0.15, -0.1) is 0 Å². The van der Waals surface area contributed by atoms with Crippen LogP contribution < -0.4 is 5.32 Å². The number of benzene rings is 1. The van der Waals surface area contributed by atoms with Crippen LogP contribution in [0.1, 0.15) is 9.67 Å². The van der Waals surface area contributed by atoms with Gasteiger partial charge in [0.1, 0.15) is 4.88 Å². The van der Waals surface area contributed by atoms with Crippen molar-refractivity contribution >= 4 is 55.7 Å². The van der Waals surface area contributed by atoms with Gasteiger partial charge < -0.3 is 10.1 Å². The summed E-state index contributed by atoms with van der Waals surface area (Å²) in [5.74, 6) is -0.393. The number of esters is 1. The molecule has 0 unspecified atom stereocenters. The zero-order chi connectivity index (χ0) is 13.1. The largest absolute Gasteiger partial charge is 0.465 e. The van der Waals surface area contributed by atoms with Crippen molar-refractivity contribution in [3.8, 4) is 0 Å². The molecule has 0 bridgehead atoms. The molecule has 4 nitrogen and oxygen atoms in total. The summed E-state index contributed by atoms with van der Waals surface area (Å²) in [5, 5.41) is 4.34. The van der Waals surface area contributed by atoms with Gasteiger partial charge in [-0.3, -0.25) is 0 Å². The lowest BCUT2D eigenvalue weighted by Crippen LogP contribution is -1.96. The first-order valence-corrected chi connectivity index (χ1v) is 6.85. The van der Waals surface area contributed by atoms with Crippen LogP contribution in [0.25, 0.3) is 0 Å². The Morgan fingerprint density at radius 3 is 3.00 bits per heavy atom. The lowest BCUT2D eigenvalue weighted by Gasteiger charge is -2.05. The molecule has 1 aromatic carbocycles. The Morgan fingerprint density at radius 2 is 2.33 bits per heavy atom. The molecule has 1 aromatic heterocycles. The molecule has 2 aromatic rings. The molecule has 0 aliphatic rings. The maximum atomic E-state index is 11.3. The van der Waals surface area contributed by atoms with Crippen LogP contribution in [-0.4, -0.2) is 18.1 Å². The maximum Gasteiger partial charge on any atom is 0.349 e. The lowest BCUT2D eigenvalue weighted by atomic mass is 10.3. The molecule has 0 spiro atoms. The van der Waals surface area contributed by atoms with Gasteiger partial charge in [0.2, 0.25) is 0 Å². The highest BCUT2D eigenvalue weighted by molar-refractivity contribution is 9.10. The molecular formula is C11H8BrClN2O2S. The second-order valence-corrected chi connectivity index (χ2v) is 5.59. The van der Waals surface area contributed by atoms with Crippen molar-refractivity contribution in [3.05, 3.63) is 38.8 Å². The second kappa shape index (κ2) is 5.69. The topological polar surface area (TPSA) is 51.2 Å². The van der Waals surface area contributed by atoms with Gasteiger partial charge in [-0.05, 0) is 34.1 Å². The van der Waals surface area contributed by atoms with Crippen LogP contribution in [0.4, 0.5) is 10.8 Å². The minimum Gasteiger partial charge on any atom is -0.465 e. The van der Waals surface area contributed by atoms with Gasteiger partial charge in [0.05, 0.1) is 19.0 Å². The van der Waals surface area contributed by atoms with E-state index in [4.69, 9.17) is 11.6 Å². The van der Waals surface area contributed by atoms with Gasteiger partial charge in [-0.1, -0.05) is 22.9 Å². The first kappa shape index (κ1) is 13.3. The normalized spacial score (nSPS) is 10.2. The minimum absolute atomic E-state index is 0.393. The quantitative estimate of drug-likeness (QED) is 0.850. The predicted molar refractivity (Wildman–Crippen MR) is 75.9 cm³/mol. The molecular weight excluding hydrogens is 340 g/mol. The molecule has 18 heavy (non-hydrogen) atoms. The van der Waals surface area contributed by atoms with E-state index in [0.29, 0.717) is 15.0 Å². The Morgan fingerprint density at radius 1 is 1.56 bits per heavy atom. The number of nitrogens with one attached hydrogen (secondary N) is 1. The summed E-state index contributed by atoms with van der Waals surface area (Å²) in [6.07, 6.45) is 1.47. The van der Waals surface area contributed by atoms with E-state index in [1.165, 1.54) is 24.6 Å². The van der Waals surface area contributed by atoms with Crippen molar-refractivity contribution in [1.82, 2.24) is 4.98 Å². The average Bonchev–Trinajstić information content (AvgIpc) is 2.80. The van der Waals surface area contributed by atoms with Crippen molar-refractivity contribution in [2.24, 2.45) is 0 Å². The number of anilines is 2. The van der Waals surface area contributed by atoms with Crippen molar-refractivity contribution < 1.29 is 9.53 Å². The summed E-state index contributed by atoms with van der Waals surface area (Å²) in [7, 11) is 1.34. The number of thiazole rings is 1. The Bertz CT molecular complexity index is 588. The van der Waals surface area contributed by atoms with Crippen molar-refractivity contribution in [1.29, 1.82) is 0 Å². The van der Waals surface area contributed by atoms with E-state index in [0.717, 1.165) is 10.2 Å². The first-order chi connectivity index (χ1) is 8.60. The van der Waals surface area contributed by atoms with Gasteiger partial charge in [0.25, 0.3) is 0 Å². The number of hydrogen-bond donors (Lipinski definition) is 1. The van der Waals surface area contributed by atoms with E-state index in [-0.39, 0.29) is 0 Å². The minimum atomic E-state index is -0.393. The number of hydrogen-bond acceptors (Lipinski definition) is 5. The third-order valence-corrected chi connectivity index (χ3v) is 3.85. The molecule has 0 fully saturated rings. The van der Waals surface area contributed by atoms with Crippen molar-refractivity contribution in [3.63, 3.8) is 0 Å². The number of carbonyl (C=O) groups excluding carboxylic acids is 1. The van der Waals surface area contributed by atoms with Crippen LogP contribution >= 0.6 is 38.9 Å². The molecule has 1 N–H and O–H groups in total. The summed E-state index contributed by atoms with van der Waals surface area (Å²) >= 11 is 10.5. The zero-order valence-electron chi connectivity index (χ0n) is 9.24. The Kier molecular flexibility index (Phi) is 4.21. The van der Waals surface area contributed by atoms with Gasteiger partial charge in [0.15, 0.2) is 5.13 Å².